The Labute approximate surface area is 209 Å². The van der Waals surface area contributed by atoms with Crippen molar-refractivity contribution in [3.05, 3.63) is 82.9 Å². The van der Waals surface area contributed by atoms with Gasteiger partial charge in [-0.2, -0.15) is 0 Å². The molecule has 35 heavy (non-hydrogen) atoms. The Morgan fingerprint density at radius 1 is 0.943 bits per heavy atom. The number of halogens is 1. The fourth-order valence-electron chi connectivity index (χ4n) is 3.29. The van der Waals surface area contributed by atoms with E-state index in [1.54, 1.807) is 49.4 Å². The molecular formula is C25H26ClN3O5S. The molecule has 0 radical (unpaired) electrons. The predicted octanol–water partition coefficient (Wildman–Crippen LogP) is 5.03. The molecule has 2 N–H and O–H groups in total. The van der Waals surface area contributed by atoms with E-state index in [9.17, 15) is 18.0 Å². The summed E-state index contributed by atoms with van der Waals surface area (Å²) in [6.07, 6.45) is 0. The van der Waals surface area contributed by atoms with Crippen LogP contribution in [0.15, 0.2) is 71.6 Å². The van der Waals surface area contributed by atoms with Gasteiger partial charge in [0.1, 0.15) is 4.90 Å². The number of carbonyl (C=O) groups excluding carboxylic acids is 2. The molecule has 10 heteroatoms. The summed E-state index contributed by atoms with van der Waals surface area (Å²) in [6, 6.07) is 17.3. The van der Waals surface area contributed by atoms with Crippen LogP contribution in [0.3, 0.4) is 0 Å². The minimum Gasteiger partial charge on any atom is -0.462 e. The average Bonchev–Trinajstić information content (AvgIpc) is 2.85. The van der Waals surface area contributed by atoms with Crippen molar-refractivity contribution in [1.29, 1.82) is 0 Å². The minimum absolute atomic E-state index is 0.0121. The van der Waals surface area contributed by atoms with Crippen LogP contribution in [0.4, 0.5) is 17.1 Å². The van der Waals surface area contributed by atoms with Crippen LogP contribution < -0.4 is 14.9 Å². The van der Waals surface area contributed by atoms with Gasteiger partial charge in [-0.1, -0.05) is 29.8 Å². The molecule has 0 saturated heterocycles. The predicted molar refractivity (Wildman–Crippen MR) is 138 cm³/mol. The number of rotatable bonds is 9. The van der Waals surface area contributed by atoms with E-state index >= 15 is 0 Å². The van der Waals surface area contributed by atoms with Crippen LogP contribution in [0, 0.1) is 0 Å². The lowest BCUT2D eigenvalue weighted by atomic mass is 10.1. The number of sulfonamides is 1. The molecule has 184 valence electrons. The molecule has 0 bridgehead atoms. The topological polar surface area (TPSA) is 105 Å². The normalized spacial score (nSPS) is 11.0. The highest BCUT2D eigenvalue weighted by Gasteiger charge is 2.25. The third kappa shape index (κ3) is 5.93. The number of amides is 1. The first-order valence-electron chi connectivity index (χ1n) is 10.9. The van der Waals surface area contributed by atoms with E-state index in [0.29, 0.717) is 23.6 Å². The van der Waals surface area contributed by atoms with Crippen LogP contribution in [0.2, 0.25) is 5.02 Å². The van der Waals surface area contributed by atoms with E-state index in [1.807, 2.05) is 6.92 Å². The van der Waals surface area contributed by atoms with Gasteiger partial charge in [0.25, 0.3) is 15.9 Å². The van der Waals surface area contributed by atoms with Gasteiger partial charge in [-0.25, -0.2) is 13.2 Å². The SMILES string of the molecule is CCNc1ccc(C(=O)OCC)cc1NC(=O)c1ccc(Cl)c(S(=O)(=O)N(C)c2ccccc2)c1. The number of hydrogen-bond donors (Lipinski definition) is 2. The molecular weight excluding hydrogens is 490 g/mol. The van der Waals surface area contributed by atoms with Crippen molar-refractivity contribution < 1.29 is 22.7 Å². The van der Waals surface area contributed by atoms with Gasteiger partial charge in [-0.15, -0.1) is 0 Å². The Balaban J connectivity index is 1.95. The Hall–Kier alpha value is -3.56. The lowest BCUT2D eigenvalue weighted by molar-refractivity contribution is 0.0526. The number of para-hydroxylation sites is 1. The van der Waals surface area contributed by atoms with E-state index in [4.69, 9.17) is 16.3 Å². The lowest BCUT2D eigenvalue weighted by Crippen LogP contribution is -2.27. The summed E-state index contributed by atoms with van der Waals surface area (Å²) in [5, 5.41) is 5.85. The summed E-state index contributed by atoms with van der Waals surface area (Å²) in [6.45, 7) is 4.39. The van der Waals surface area contributed by atoms with Crippen molar-refractivity contribution in [1.82, 2.24) is 0 Å². The second-order valence-electron chi connectivity index (χ2n) is 7.42. The van der Waals surface area contributed by atoms with Crippen LogP contribution in [-0.4, -0.2) is 40.5 Å². The van der Waals surface area contributed by atoms with Crippen molar-refractivity contribution in [3.63, 3.8) is 0 Å². The number of ether oxygens (including phenoxy) is 1. The van der Waals surface area contributed by atoms with Gasteiger partial charge in [-0.3, -0.25) is 9.10 Å². The zero-order valence-electron chi connectivity index (χ0n) is 19.5. The van der Waals surface area contributed by atoms with Gasteiger partial charge in [0, 0.05) is 19.2 Å². The van der Waals surface area contributed by atoms with Gasteiger partial charge in [0.2, 0.25) is 0 Å². The standard InChI is InChI=1S/C25H26ClN3O5S/c1-4-27-21-14-12-18(25(31)34-5-2)15-22(21)28-24(30)17-11-13-20(26)23(16-17)35(32,33)29(3)19-9-7-6-8-10-19/h6-16,27H,4-5H2,1-3H3,(H,28,30). The van der Waals surface area contributed by atoms with Crippen LogP contribution in [0.1, 0.15) is 34.6 Å². The minimum atomic E-state index is -4.04. The zero-order chi connectivity index (χ0) is 25.6. The largest absolute Gasteiger partial charge is 0.462 e. The number of benzene rings is 3. The fraction of sp³-hybridized carbons (Fsp3) is 0.200. The zero-order valence-corrected chi connectivity index (χ0v) is 21.1. The number of carbonyl (C=O) groups is 2. The first kappa shape index (κ1) is 26.1. The lowest BCUT2D eigenvalue weighted by Gasteiger charge is -2.20. The third-order valence-corrected chi connectivity index (χ3v) is 7.36. The van der Waals surface area contributed by atoms with Crippen molar-refractivity contribution in [2.75, 3.05) is 35.1 Å². The van der Waals surface area contributed by atoms with Gasteiger partial charge < -0.3 is 15.4 Å². The molecule has 0 heterocycles. The molecule has 0 fully saturated rings. The van der Waals surface area contributed by atoms with E-state index in [0.717, 1.165) is 4.31 Å². The third-order valence-electron chi connectivity index (χ3n) is 5.10. The summed E-state index contributed by atoms with van der Waals surface area (Å²) >= 11 is 6.23. The molecule has 3 aromatic rings. The molecule has 0 spiro atoms. The first-order valence-corrected chi connectivity index (χ1v) is 12.7. The molecule has 0 aliphatic rings. The molecule has 0 unspecified atom stereocenters. The Bertz CT molecular complexity index is 1330. The maximum atomic E-state index is 13.3. The molecule has 3 rings (SSSR count). The summed E-state index contributed by atoms with van der Waals surface area (Å²) in [7, 11) is -2.63. The van der Waals surface area contributed by atoms with E-state index in [2.05, 4.69) is 10.6 Å². The monoisotopic (exact) mass is 515 g/mol. The van der Waals surface area contributed by atoms with Gasteiger partial charge >= 0.3 is 5.97 Å². The maximum absolute atomic E-state index is 13.3. The maximum Gasteiger partial charge on any atom is 0.338 e. The highest BCUT2D eigenvalue weighted by Crippen LogP contribution is 2.29. The van der Waals surface area contributed by atoms with Crippen LogP contribution in [0.25, 0.3) is 0 Å². The van der Waals surface area contributed by atoms with Crippen molar-refractivity contribution in [2.45, 2.75) is 18.7 Å². The van der Waals surface area contributed by atoms with Crippen LogP contribution in [-0.2, 0) is 14.8 Å². The van der Waals surface area contributed by atoms with Gasteiger partial charge in [-0.05, 0) is 62.4 Å². The molecule has 1 amide bonds. The summed E-state index contributed by atoms with van der Waals surface area (Å²) in [5.41, 5.74) is 1.75. The molecule has 0 saturated carbocycles. The molecule has 0 aliphatic heterocycles. The fourth-order valence-corrected chi connectivity index (χ4v) is 4.99. The summed E-state index contributed by atoms with van der Waals surface area (Å²) in [4.78, 5) is 25.1. The van der Waals surface area contributed by atoms with Crippen molar-refractivity contribution in [3.8, 4) is 0 Å². The van der Waals surface area contributed by atoms with Gasteiger partial charge in [0.05, 0.1) is 34.3 Å². The second kappa shape index (κ2) is 11.2. The van der Waals surface area contributed by atoms with Gasteiger partial charge in [0.15, 0.2) is 0 Å². The number of nitrogens with one attached hydrogen (secondary N) is 2. The Kier molecular flexibility index (Phi) is 8.37. The van der Waals surface area contributed by atoms with E-state index in [1.165, 1.54) is 31.3 Å². The summed E-state index contributed by atoms with van der Waals surface area (Å²) < 4.78 is 32.6. The number of esters is 1. The second-order valence-corrected chi connectivity index (χ2v) is 9.76. The number of anilines is 3. The Morgan fingerprint density at radius 3 is 2.29 bits per heavy atom. The average molecular weight is 516 g/mol. The summed E-state index contributed by atoms with van der Waals surface area (Å²) in [5.74, 6) is -1.09. The first-order chi connectivity index (χ1) is 16.7. The van der Waals surface area contributed by atoms with Crippen molar-refractivity contribution in [2.24, 2.45) is 0 Å². The van der Waals surface area contributed by atoms with Crippen molar-refractivity contribution >= 4 is 50.6 Å². The quantitative estimate of drug-likeness (QED) is 0.387. The molecule has 0 aromatic heterocycles. The molecule has 8 nitrogen and oxygen atoms in total. The van der Waals surface area contributed by atoms with E-state index < -0.39 is 21.9 Å². The Morgan fingerprint density at radius 2 is 1.63 bits per heavy atom. The number of hydrogen-bond acceptors (Lipinski definition) is 6. The molecule has 0 atom stereocenters. The van der Waals surface area contributed by atoms with Crippen LogP contribution in [0.5, 0.6) is 0 Å². The van der Waals surface area contributed by atoms with E-state index in [-0.39, 0.29) is 27.7 Å². The number of nitrogens with zero attached hydrogens (tertiary/aromatic N) is 1. The highest BCUT2D eigenvalue weighted by molar-refractivity contribution is 7.93. The molecule has 3 aromatic carbocycles. The highest BCUT2D eigenvalue weighted by atomic mass is 35.5. The smallest absolute Gasteiger partial charge is 0.338 e. The van der Waals surface area contributed by atoms with Crippen LogP contribution >= 0.6 is 11.6 Å². The molecule has 0 aliphatic carbocycles.